The SMILES string of the molecule is CCOC(=O)C1CC1C(C)=Cc1ccccc1. The van der Waals surface area contributed by atoms with E-state index < -0.39 is 0 Å². The average molecular weight is 230 g/mol. The van der Waals surface area contributed by atoms with E-state index in [0.29, 0.717) is 12.5 Å². The van der Waals surface area contributed by atoms with Crippen LogP contribution in [0.2, 0.25) is 0 Å². The first kappa shape index (κ1) is 11.9. The predicted octanol–water partition coefficient (Wildman–Crippen LogP) is 3.29. The van der Waals surface area contributed by atoms with Crippen molar-refractivity contribution < 1.29 is 9.53 Å². The Bertz CT molecular complexity index is 420. The van der Waals surface area contributed by atoms with Crippen LogP contribution in [0.1, 0.15) is 25.8 Å². The fourth-order valence-corrected chi connectivity index (χ4v) is 2.13. The van der Waals surface area contributed by atoms with E-state index in [1.807, 2.05) is 25.1 Å². The van der Waals surface area contributed by atoms with Gasteiger partial charge >= 0.3 is 5.97 Å². The maximum Gasteiger partial charge on any atom is 0.309 e. The predicted molar refractivity (Wildman–Crippen MR) is 68.3 cm³/mol. The molecular formula is C15H18O2. The first-order valence-corrected chi connectivity index (χ1v) is 6.12. The lowest BCUT2D eigenvalue weighted by Gasteiger charge is -2.02. The maximum absolute atomic E-state index is 11.5. The summed E-state index contributed by atoms with van der Waals surface area (Å²) in [5, 5.41) is 0. The number of esters is 1. The van der Waals surface area contributed by atoms with Crippen molar-refractivity contribution in [2.75, 3.05) is 6.61 Å². The molecule has 2 heteroatoms. The highest BCUT2D eigenvalue weighted by molar-refractivity contribution is 5.77. The van der Waals surface area contributed by atoms with E-state index >= 15 is 0 Å². The van der Waals surface area contributed by atoms with E-state index in [0.717, 1.165) is 6.42 Å². The molecule has 90 valence electrons. The summed E-state index contributed by atoms with van der Waals surface area (Å²) in [6.07, 6.45) is 3.10. The molecule has 0 aliphatic heterocycles. The standard InChI is InChI=1S/C15H18O2/c1-3-17-15(16)14-10-13(14)11(2)9-12-7-5-4-6-8-12/h4-9,13-14H,3,10H2,1-2H3. The van der Waals surface area contributed by atoms with Crippen LogP contribution in [0.3, 0.4) is 0 Å². The molecule has 2 nitrogen and oxygen atoms in total. The Morgan fingerprint density at radius 2 is 2.06 bits per heavy atom. The molecule has 0 N–H and O–H groups in total. The van der Waals surface area contributed by atoms with Gasteiger partial charge in [0.25, 0.3) is 0 Å². The van der Waals surface area contributed by atoms with E-state index in [-0.39, 0.29) is 11.9 Å². The van der Waals surface area contributed by atoms with Crippen molar-refractivity contribution in [1.82, 2.24) is 0 Å². The minimum Gasteiger partial charge on any atom is -0.466 e. The van der Waals surface area contributed by atoms with Gasteiger partial charge in [-0.15, -0.1) is 0 Å². The molecule has 1 aliphatic carbocycles. The summed E-state index contributed by atoms with van der Waals surface area (Å²) in [6.45, 7) is 4.42. The largest absolute Gasteiger partial charge is 0.466 e. The maximum atomic E-state index is 11.5. The van der Waals surface area contributed by atoms with Crippen molar-refractivity contribution >= 4 is 12.0 Å². The summed E-state index contributed by atoms with van der Waals surface area (Å²) in [5.74, 6) is 0.433. The van der Waals surface area contributed by atoms with Crippen LogP contribution < -0.4 is 0 Å². The van der Waals surface area contributed by atoms with Crippen LogP contribution in [0.15, 0.2) is 35.9 Å². The van der Waals surface area contributed by atoms with Crippen molar-refractivity contribution in [3.05, 3.63) is 41.5 Å². The zero-order valence-corrected chi connectivity index (χ0v) is 10.3. The summed E-state index contributed by atoms with van der Waals surface area (Å²) in [5.41, 5.74) is 2.47. The molecule has 1 aromatic rings. The fourth-order valence-electron chi connectivity index (χ4n) is 2.13. The smallest absolute Gasteiger partial charge is 0.309 e. The van der Waals surface area contributed by atoms with Gasteiger partial charge in [0.1, 0.15) is 0 Å². The Kier molecular flexibility index (Phi) is 3.62. The molecule has 0 heterocycles. The van der Waals surface area contributed by atoms with Gasteiger partial charge in [-0.1, -0.05) is 42.0 Å². The molecule has 1 saturated carbocycles. The normalized spacial score (nSPS) is 23.3. The summed E-state index contributed by atoms with van der Waals surface area (Å²) in [4.78, 5) is 11.5. The van der Waals surface area contributed by atoms with Crippen molar-refractivity contribution in [3.8, 4) is 0 Å². The molecule has 2 rings (SSSR count). The van der Waals surface area contributed by atoms with Gasteiger partial charge in [-0.2, -0.15) is 0 Å². The third-order valence-electron chi connectivity index (χ3n) is 3.16. The van der Waals surface area contributed by atoms with Gasteiger partial charge in [0.2, 0.25) is 0 Å². The topological polar surface area (TPSA) is 26.3 Å². The molecule has 1 aliphatic rings. The fraction of sp³-hybridized carbons (Fsp3) is 0.400. The van der Waals surface area contributed by atoms with Gasteiger partial charge in [-0.25, -0.2) is 0 Å². The number of carbonyl (C=O) groups is 1. The Morgan fingerprint density at radius 3 is 2.71 bits per heavy atom. The van der Waals surface area contributed by atoms with Crippen LogP contribution in [0.5, 0.6) is 0 Å². The van der Waals surface area contributed by atoms with E-state index in [2.05, 4.69) is 25.1 Å². The molecular weight excluding hydrogens is 212 g/mol. The molecule has 2 atom stereocenters. The summed E-state index contributed by atoms with van der Waals surface area (Å²) in [6, 6.07) is 10.2. The van der Waals surface area contributed by atoms with Crippen LogP contribution >= 0.6 is 0 Å². The first-order valence-electron chi connectivity index (χ1n) is 6.12. The molecule has 0 aromatic heterocycles. The van der Waals surface area contributed by atoms with Crippen LogP contribution in [-0.4, -0.2) is 12.6 Å². The van der Waals surface area contributed by atoms with E-state index in [4.69, 9.17) is 4.74 Å². The summed E-state index contributed by atoms with van der Waals surface area (Å²) in [7, 11) is 0. The number of hydrogen-bond donors (Lipinski definition) is 0. The minimum atomic E-state index is -0.0432. The molecule has 1 aromatic carbocycles. The van der Waals surface area contributed by atoms with Gasteiger partial charge < -0.3 is 4.74 Å². The lowest BCUT2D eigenvalue weighted by atomic mass is 10.1. The van der Waals surface area contributed by atoms with Crippen LogP contribution in [-0.2, 0) is 9.53 Å². The Morgan fingerprint density at radius 1 is 1.35 bits per heavy atom. The number of ether oxygens (including phenoxy) is 1. The molecule has 0 radical (unpaired) electrons. The lowest BCUT2D eigenvalue weighted by molar-refractivity contribution is -0.144. The summed E-state index contributed by atoms with van der Waals surface area (Å²) < 4.78 is 5.03. The van der Waals surface area contributed by atoms with Gasteiger partial charge in [0.05, 0.1) is 12.5 Å². The van der Waals surface area contributed by atoms with Gasteiger partial charge in [-0.05, 0) is 31.7 Å². The monoisotopic (exact) mass is 230 g/mol. The molecule has 0 saturated heterocycles. The zero-order valence-electron chi connectivity index (χ0n) is 10.3. The first-order chi connectivity index (χ1) is 8.22. The second-order valence-corrected chi connectivity index (χ2v) is 4.50. The third-order valence-corrected chi connectivity index (χ3v) is 3.16. The van der Waals surface area contributed by atoms with E-state index in [1.54, 1.807) is 0 Å². The number of rotatable bonds is 4. The number of carbonyl (C=O) groups excluding carboxylic acids is 1. The van der Waals surface area contributed by atoms with Crippen LogP contribution in [0.4, 0.5) is 0 Å². The molecule has 0 bridgehead atoms. The molecule has 1 fully saturated rings. The Balaban J connectivity index is 1.97. The highest BCUT2D eigenvalue weighted by atomic mass is 16.5. The highest BCUT2D eigenvalue weighted by Crippen LogP contribution is 2.45. The molecule has 0 amide bonds. The van der Waals surface area contributed by atoms with Gasteiger partial charge in [-0.3, -0.25) is 4.79 Å². The number of hydrogen-bond acceptors (Lipinski definition) is 2. The van der Waals surface area contributed by atoms with Crippen LogP contribution in [0.25, 0.3) is 6.08 Å². The summed E-state index contributed by atoms with van der Waals surface area (Å²) >= 11 is 0. The lowest BCUT2D eigenvalue weighted by Crippen LogP contribution is -2.07. The highest BCUT2D eigenvalue weighted by Gasteiger charge is 2.44. The third kappa shape index (κ3) is 2.96. The number of benzene rings is 1. The van der Waals surface area contributed by atoms with Crippen molar-refractivity contribution in [2.45, 2.75) is 20.3 Å². The number of allylic oxidation sites excluding steroid dienone is 1. The van der Waals surface area contributed by atoms with Gasteiger partial charge in [0, 0.05) is 0 Å². The molecule has 0 spiro atoms. The average Bonchev–Trinajstić information content (AvgIpc) is 3.10. The Hall–Kier alpha value is -1.57. The van der Waals surface area contributed by atoms with E-state index in [1.165, 1.54) is 11.1 Å². The van der Waals surface area contributed by atoms with Crippen molar-refractivity contribution in [3.63, 3.8) is 0 Å². The second kappa shape index (κ2) is 5.17. The van der Waals surface area contributed by atoms with Crippen LogP contribution in [0, 0.1) is 11.8 Å². The van der Waals surface area contributed by atoms with Gasteiger partial charge in [0.15, 0.2) is 0 Å². The minimum absolute atomic E-state index is 0.0432. The zero-order chi connectivity index (χ0) is 12.3. The van der Waals surface area contributed by atoms with Crippen molar-refractivity contribution in [1.29, 1.82) is 0 Å². The second-order valence-electron chi connectivity index (χ2n) is 4.50. The van der Waals surface area contributed by atoms with E-state index in [9.17, 15) is 4.79 Å². The molecule has 17 heavy (non-hydrogen) atoms. The van der Waals surface area contributed by atoms with Crippen molar-refractivity contribution in [2.24, 2.45) is 11.8 Å². The quantitative estimate of drug-likeness (QED) is 0.742. The molecule has 2 unspecified atom stereocenters. The Labute approximate surface area is 102 Å².